The summed E-state index contributed by atoms with van der Waals surface area (Å²) in [5.74, 6) is 1.53. The van der Waals surface area contributed by atoms with E-state index in [1.165, 1.54) is 12.0 Å². The topological polar surface area (TPSA) is 54.5 Å². The molecule has 2 aromatic rings. The third-order valence-corrected chi connectivity index (χ3v) is 5.67. The fraction of sp³-hybridized carbons (Fsp3) is 0.524. The Morgan fingerprint density at radius 3 is 2.96 bits per heavy atom. The van der Waals surface area contributed by atoms with Crippen LogP contribution in [0.2, 0.25) is 0 Å². The molecule has 1 amide bonds. The number of aromatic nitrogens is 1. The number of carbonyl (C=O) groups is 1. The number of ether oxygens (including phenoxy) is 1. The summed E-state index contributed by atoms with van der Waals surface area (Å²) in [5.41, 5.74) is 1.17. The summed E-state index contributed by atoms with van der Waals surface area (Å²) in [7, 11) is 0. The number of anilines is 1. The second kappa shape index (κ2) is 10.3. The Morgan fingerprint density at radius 2 is 2.22 bits per heavy atom. The fourth-order valence-electron chi connectivity index (χ4n) is 3.35. The summed E-state index contributed by atoms with van der Waals surface area (Å²) in [4.78, 5) is 19.0. The van der Waals surface area contributed by atoms with Crippen LogP contribution in [0.5, 0.6) is 5.75 Å². The van der Waals surface area contributed by atoms with Gasteiger partial charge in [-0.3, -0.25) is 4.79 Å². The number of thiazole rings is 1. The van der Waals surface area contributed by atoms with Crippen molar-refractivity contribution in [2.45, 2.75) is 39.0 Å². The van der Waals surface area contributed by atoms with E-state index in [0.717, 1.165) is 56.4 Å². The highest BCUT2D eigenvalue weighted by molar-refractivity contribution is 7.13. The lowest BCUT2D eigenvalue weighted by Crippen LogP contribution is -2.41. The van der Waals surface area contributed by atoms with Crippen LogP contribution in [0.4, 0.5) is 5.13 Å². The van der Waals surface area contributed by atoms with Crippen LogP contribution in [0.1, 0.15) is 38.2 Å². The molecule has 0 radical (unpaired) electrons. The number of aryl methyl sites for hydroxylation is 1. The molecule has 1 saturated heterocycles. The number of nitrogens with one attached hydrogen (secondary N) is 1. The minimum absolute atomic E-state index is 0.132. The molecule has 1 aliphatic rings. The summed E-state index contributed by atoms with van der Waals surface area (Å²) in [6, 6.07) is 8.06. The molecule has 5 nitrogen and oxygen atoms in total. The van der Waals surface area contributed by atoms with Crippen LogP contribution in [0.25, 0.3) is 0 Å². The van der Waals surface area contributed by atoms with Gasteiger partial charge >= 0.3 is 0 Å². The third kappa shape index (κ3) is 6.24. The maximum Gasteiger partial charge on any atom is 0.220 e. The molecule has 0 spiro atoms. The zero-order valence-corrected chi connectivity index (χ0v) is 16.8. The molecular formula is C21H29N3O2S. The van der Waals surface area contributed by atoms with Crippen molar-refractivity contribution in [3.05, 3.63) is 41.4 Å². The number of rotatable bonds is 9. The number of piperidine rings is 1. The van der Waals surface area contributed by atoms with Gasteiger partial charge in [0.15, 0.2) is 5.13 Å². The van der Waals surface area contributed by atoms with E-state index in [-0.39, 0.29) is 5.91 Å². The zero-order chi connectivity index (χ0) is 18.9. The molecular weight excluding hydrogens is 358 g/mol. The van der Waals surface area contributed by atoms with E-state index in [1.54, 1.807) is 11.3 Å². The van der Waals surface area contributed by atoms with Crippen molar-refractivity contribution in [3.8, 4) is 5.75 Å². The van der Waals surface area contributed by atoms with Gasteiger partial charge in [-0.15, -0.1) is 11.3 Å². The maximum atomic E-state index is 12.2. The molecule has 1 aromatic heterocycles. The highest BCUT2D eigenvalue weighted by Crippen LogP contribution is 2.24. The van der Waals surface area contributed by atoms with Crippen molar-refractivity contribution in [1.82, 2.24) is 10.3 Å². The highest BCUT2D eigenvalue weighted by Gasteiger charge is 2.21. The summed E-state index contributed by atoms with van der Waals surface area (Å²) in [6.07, 6.45) is 6.47. The molecule has 0 unspecified atom stereocenters. The van der Waals surface area contributed by atoms with Crippen LogP contribution in [-0.2, 0) is 11.2 Å². The molecule has 27 heavy (non-hydrogen) atoms. The van der Waals surface area contributed by atoms with Crippen molar-refractivity contribution in [3.63, 3.8) is 0 Å². The van der Waals surface area contributed by atoms with E-state index in [0.29, 0.717) is 12.3 Å². The second-order valence-corrected chi connectivity index (χ2v) is 7.94. The molecule has 1 N–H and O–H groups in total. The van der Waals surface area contributed by atoms with Gasteiger partial charge < -0.3 is 15.0 Å². The van der Waals surface area contributed by atoms with Gasteiger partial charge in [-0.25, -0.2) is 4.98 Å². The number of nitrogens with zero attached hydrogens (tertiary/aromatic N) is 2. The lowest BCUT2D eigenvalue weighted by molar-refractivity contribution is -0.121. The zero-order valence-electron chi connectivity index (χ0n) is 16.0. The average Bonchev–Trinajstić information content (AvgIpc) is 3.25. The van der Waals surface area contributed by atoms with E-state index in [4.69, 9.17) is 4.74 Å². The Bertz CT molecular complexity index is 688. The monoisotopic (exact) mass is 387 g/mol. The third-order valence-electron chi connectivity index (χ3n) is 4.83. The molecule has 1 aromatic carbocycles. The largest absolute Gasteiger partial charge is 0.494 e. The van der Waals surface area contributed by atoms with Gasteiger partial charge in [0.2, 0.25) is 5.91 Å². The molecule has 146 valence electrons. The van der Waals surface area contributed by atoms with Gasteiger partial charge in [0, 0.05) is 37.6 Å². The first-order chi connectivity index (χ1) is 13.2. The van der Waals surface area contributed by atoms with Crippen LogP contribution in [0.15, 0.2) is 35.8 Å². The SMILES string of the molecule is CCCOc1ccc(CCC(=O)NC[C@@H]2CCCN(c3nccs3)C2)cc1. The van der Waals surface area contributed by atoms with Gasteiger partial charge in [-0.1, -0.05) is 19.1 Å². The predicted octanol–water partition coefficient (Wildman–Crippen LogP) is 3.90. The van der Waals surface area contributed by atoms with E-state index in [9.17, 15) is 4.79 Å². The van der Waals surface area contributed by atoms with Crippen molar-refractivity contribution in [1.29, 1.82) is 0 Å². The van der Waals surface area contributed by atoms with Crippen LogP contribution in [0, 0.1) is 5.92 Å². The molecule has 6 heteroatoms. The van der Waals surface area contributed by atoms with Gasteiger partial charge in [-0.05, 0) is 49.3 Å². The van der Waals surface area contributed by atoms with Gasteiger partial charge in [0.1, 0.15) is 5.75 Å². The number of hydrogen-bond acceptors (Lipinski definition) is 5. The summed E-state index contributed by atoms with van der Waals surface area (Å²) in [5, 5.41) is 6.23. The number of hydrogen-bond donors (Lipinski definition) is 1. The van der Waals surface area contributed by atoms with E-state index in [2.05, 4.69) is 22.1 Å². The lowest BCUT2D eigenvalue weighted by Gasteiger charge is -2.32. The molecule has 3 rings (SSSR count). The Labute approximate surface area is 165 Å². The number of amides is 1. The lowest BCUT2D eigenvalue weighted by atomic mass is 9.98. The van der Waals surface area contributed by atoms with Crippen molar-refractivity contribution >= 4 is 22.4 Å². The predicted molar refractivity (Wildman–Crippen MR) is 111 cm³/mol. The standard InChI is InChI=1S/C21H29N3O2S/c1-2-13-26-19-8-5-17(6-9-19)7-10-20(25)23-15-18-4-3-12-24(16-18)21-22-11-14-27-21/h5-6,8-9,11,14,18H,2-4,7,10,12-13,15-16H2,1H3,(H,23,25)/t18-/m0/s1. The molecule has 0 aliphatic carbocycles. The molecule has 0 saturated carbocycles. The average molecular weight is 388 g/mol. The first kappa shape index (κ1) is 19.7. The van der Waals surface area contributed by atoms with Crippen molar-refractivity contribution in [2.75, 3.05) is 31.1 Å². The molecule has 1 aliphatic heterocycles. The van der Waals surface area contributed by atoms with E-state index < -0.39 is 0 Å². The molecule has 1 fully saturated rings. The smallest absolute Gasteiger partial charge is 0.220 e. The summed E-state index contributed by atoms with van der Waals surface area (Å²) >= 11 is 1.69. The van der Waals surface area contributed by atoms with Gasteiger partial charge in [-0.2, -0.15) is 0 Å². The Morgan fingerprint density at radius 1 is 1.37 bits per heavy atom. The number of carbonyl (C=O) groups excluding carboxylic acids is 1. The van der Waals surface area contributed by atoms with Crippen molar-refractivity contribution < 1.29 is 9.53 Å². The normalized spacial score (nSPS) is 16.9. The van der Waals surface area contributed by atoms with Gasteiger partial charge in [0.25, 0.3) is 0 Å². The molecule has 0 bridgehead atoms. The summed E-state index contributed by atoms with van der Waals surface area (Å²) in [6.45, 7) is 5.63. The van der Waals surface area contributed by atoms with Crippen LogP contribution in [0.3, 0.4) is 0 Å². The molecule has 1 atom stereocenters. The van der Waals surface area contributed by atoms with E-state index in [1.807, 2.05) is 35.8 Å². The first-order valence-corrected chi connectivity index (χ1v) is 10.8. The maximum absolute atomic E-state index is 12.2. The van der Waals surface area contributed by atoms with Crippen LogP contribution in [-0.4, -0.2) is 37.1 Å². The van der Waals surface area contributed by atoms with Crippen LogP contribution < -0.4 is 15.0 Å². The van der Waals surface area contributed by atoms with Gasteiger partial charge in [0.05, 0.1) is 6.61 Å². The molecule has 2 heterocycles. The minimum atomic E-state index is 0.132. The van der Waals surface area contributed by atoms with Crippen molar-refractivity contribution in [2.24, 2.45) is 5.92 Å². The second-order valence-electron chi connectivity index (χ2n) is 7.07. The Balaban J connectivity index is 1.37. The Kier molecular flexibility index (Phi) is 7.51. The fourth-order valence-corrected chi connectivity index (χ4v) is 4.03. The van der Waals surface area contributed by atoms with Crippen LogP contribution >= 0.6 is 11.3 Å². The minimum Gasteiger partial charge on any atom is -0.494 e. The summed E-state index contributed by atoms with van der Waals surface area (Å²) < 4.78 is 5.59. The highest BCUT2D eigenvalue weighted by atomic mass is 32.1. The quantitative estimate of drug-likeness (QED) is 0.709. The first-order valence-electron chi connectivity index (χ1n) is 9.87. The Hall–Kier alpha value is -2.08. The number of benzene rings is 1. The van der Waals surface area contributed by atoms with E-state index >= 15 is 0 Å².